The van der Waals surface area contributed by atoms with Gasteiger partial charge in [-0.3, -0.25) is 9.59 Å². The molecule has 1 heterocycles. The van der Waals surface area contributed by atoms with Crippen molar-refractivity contribution in [3.63, 3.8) is 0 Å². The van der Waals surface area contributed by atoms with E-state index in [1.807, 2.05) is 60.8 Å². The van der Waals surface area contributed by atoms with Crippen LogP contribution in [-0.4, -0.2) is 46.5 Å². The van der Waals surface area contributed by atoms with Gasteiger partial charge < -0.3 is 20.3 Å². The van der Waals surface area contributed by atoms with Crippen LogP contribution in [0.2, 0.25) is 0 Å². The molecule has 3 rings (SSSR count). The van der Waals surface area contributed by atoms with Crippen LogP contribution in [0.4, 0.5) is 0 Å². The molecule has 6 nitrogen and oxygen atoms in total. The molecule has 1 atom stereocenters. The molecule has 2 amide bonds. The highest BCUT2D eigenvalue weighted by Crippen LogP contribution is 2.18. The number of aliphatic hydroxyl groups excluding tert-OH is 1. The Morgan fingerprint density at radius 3 is 2.61 bits per heavy atom. The minimum Gasteiger partial charge on any atom is -0.394 e. The lowest BCUT2D eigenvalue weighted by Gasteiger charge is -2.23. The molecule has 0 bridgehead atoms. The van der Waals surface area contributed by atoms with Crippen LogP contribution in [0.25, 0.3) is 17.0 Å². The van der Waals surface area contributed by atoms with Crippen LogP contribution in [0.15, 0.2) is 66.9 Å². The zero-order valence-corrected chi connectivity index (χ0v) is 15.6. The summed E-state index contributed by atoms with van der Waals surface area (Å²) in [5.74, 6) is -0.786. The van der Waals surface area contributed by atoms with Gasteiger partial charge in [-0.15, -0.1) is 0 Å². The van der Waals surface area contributed by atoms with E-state index < -0.39 is 18.6 Å². The smallest absolute Gasteiger partial charge is 0.247 e. The molecular weight excluding hydrogens is 354 g/mol. The zero-order chi connectivity index (χ0) is 19.9. The normalized spacial score (nSPS) is 12.2. The van der Waals surface area contributed by atoms with Gasteiger partial charge in [0.15, 0.2) is 0 Å². The maximum atomic E-state index is 12.5. The van der Waals surface area contributed by atoms with Crippen molar-refractivity contribution in [3.05, 3.63) is 78.0 Å². The van der Waals surface area contributed by atoms with Crippen molar-refractivity contribution in [2.45, 2.75) is 12.6 Å². The maximum absolute atomic E-state index is 12.5. The Hall–Kier alpha value is -3.38. The SMILES string of the molecule is CN(Cc1ccccc1)C(=O)[C@H](CO)NC(=O)C=Cc1c[nH]c2ccccc12. The lowest BCUT2D eigenvalue weighted by Crippen LogP contribution is -2.48. The average Bonchev–Trinajstić information content (AvgIpc) is 3.14. The number of amides is 2. The van der Waals surface area contributed by atoms with E-state index in [4.69, 9.17) is 0 Å². The fourth-order valence-corrected chi connectivity index (χ4v) is 3.00. The first kappa shape index (κ1) is 19.4. The number of hydrogen-bond acceptors (Lipinski definition) is 3. The van der Waals surface area contributed by atoms with E-state index in [2.05, 4.69) is 10.3 Å². The predicted molar refractivity (Wildman–Crippen MR) is 109 cm³/mol. The van der Waals surface area contributed by atoms with Crippen molar-refractivity contribution in [1.82, 2.24) is 15.2 Å². The molecule has 0 unspecified atom stereocenters. The number of nitrogens with zero attached hydrogens (tertiary/aromatic N) is 1. The lowest BCUT2D eigenvalue weighted by atomic mass is 10.1. The van der Waals surface area contributed by atoms with Crippen molar-refractivity contribution in [3.8, 4) is 0 Å². The quantitative estimate of drug-likeness (QED) is 0.553. The Morgan fingerprint density at radius 2 is 1.86 bits per heavy atom. The molecule has 0 aliphatic heterocycles. The molecule has 2 aromatic carbocycles. The molecule has 0 spiro atoms. The Morgan fingerprint density at radius 1 is 1.14 bits per heavy atom. The molecule has 0 aliphatic rings. The summed E-state index contributed by atoms with van der Waals surface area (Å²) in [6.07, 6.45) is 4.86. The first-order chi connectivity index (χ1) is 13.6. The minimum absolute atomic E-state index is 0.347. The largest absolute Gasteiger partial charge is 0.394 e. The number of aromatic nitrogens is 1. The second-order valence-corrected chi connectivity index (χ2v) is 6.55. The molecule has 1 aromatic heterocycles. The van der Waals surface area contributed by atoms with E-state index >= 15 is 0 Å². The molecule has 0 radical (unpaired) electrons. The number of aromatic amines is 1. The number of carbonyl (C=O) groups is 2. The second-order valence-electron chi connectivity index (χ2n) is 6.55. The minimum atomic E-state index is -0.992. The molecule has 6 heteroatoms. The number of rotatable bonds is 7. The van der Waals surface area contributed by atoms with Crippen LogP contribution in [0.5, 0.6) is 0 Å². The number of H-pyrrole nitrogens is 1. The summed E-state index contributed by atoms with van der Waals surface area (Å²) >= 11 is 0. The Bertz CT molecular complexity index is 979. The van der Waals surface area contributed by atoms with Gasteiger partial charge in [0.25, 0.3) is 0 Å². The third-order valence-corrected chi connectivity index (χ3v) is 4.47. The average molecular weight is 377 g/mol. The van der Waals surface area contributed by atoms with E-state index in [1.54, 1.807) is 13.1 Å². The molecular formula is C22H23N3O3. The number of fused-ring (bicyclic) bond motifs is 1. The number of likely N-dealkylation sites (N-methyl/N-ethyl adjacent to an activating group) is 1. The van der Waals surface area contributed by atoms with Crippen LogP contribution in [0.3, 0.4) is 0 Å². The highest BCUT2D eigenvalue weighted by atomic mass is 16.3. The van der Waals surface area contributed by atoms with E-state index in [1.165, 1.54) is 11.0 Å². The number of hydrogen-bond donors (Lipinski definition) is 3. The number of aliphatic hydroxyl groups is 1. The van der Waals surface area contributed by atoms with Crippen molar-refractivity contribution < 1.29 is 14.7 Å². The van der Waals surface area contributed by atoms with Crippen LogP contribution in [0.1, 0.15) is 11.1 Å². The zero-order valence-electron chi connectivity index (χ0n) is 15.6. The number of benzene rings is 2. The molecule has 0 aliphatic carbocycles. The summed E-state index contributed by atoms with van der Waals surface area (Å²) in [5, 5.41) is 13.1. The van der Waals surface area contributed by atoms with Gasteiger partial charge in [0.05, 0.1) is 6.61 Å². The highest BCUT2D eigenvalue weighted by Gasteiger charge is 2.22. The number of para-hydroxylation sites is 1. The van der Waals surface area contributed by atoms with Crippen LogP contribution in [-0.2, 0) is 16.1 Å². The lowest BCUT2D eigenvalue weighted by molar-refractivity contribution is -0.136. The Balaban J connectivity index is 1.61. The standard InChI is InChI=1S/C22H23N3O3/c1-25(14-16-7-3-2-4-8-16)22(28)20(15-26)24-21(27)12-11-17-13-23-19-10-6-5-9-18(17)19/h2-13,20,23,26H,14-15H2,1H3,(H,24,27)/t20-/m0/s1. The summed E-state index contributed by atoms with van der Waals surface area (Å²) < 4.78 is 0. The van der Waals surface area contributed by atoms with Crippen LogP contribution >= 0.6 is 0 Å². The van der Waals surface area contributed by atoms with Crippen LogP contribution in [0, 0.1) is 0 Å². The second kappa shape index (κ2) is 9.01. The van der Waals surface area contributed by atoms with Gasteiger partial charge in [0, 0.05) is 36.8 Å². The Labute approximate surface area is 163 Å². The van der Waals surface area contributed by atoms with E-state index in [-0.39, 0.29) is 5.91 Å². The van der Waals surface area contributed by atoms with Crippen molar-refractivity contribution in [2.75, 3.05) is 13.7 Å². The molecule has 28 heavy (non-hydrogen) atoms. The van der Waals surface area contributed by atoms with Crippen molar-refractivity contribution in [2.24, 2.45) is 0 Å². The highest BCUT2D eigenvalue weighted by molar-refractivity contribution is 5.98. The van der Waals surface area contributed by atoms with Gasteiger partial charge in [0.2, 0.25) is 11.8 Å². The first-order valence-electron chi connectivity index (χ1n) is 9.03. The summed E-state index contributed by atoms with van der Waals surface area (Å²) in [6, 6.07) is 16.3. The molecule has 0 fully saturated rings. The van der Waals surface area contributed by atoms with Gasteiger partial charge in [-0.05, 0) is 23.3 Å². The summed E-state index contributed by atoms with van der Waals surface area (Å²) in [4.78, 5) is 29.4. The Kier molecular flexibility index (Phi) is 6.24. The topological polar surface area (TPSA) is 85.4 Å². The van der Waals surface area contributed by atoms with Gasteiger partial charge in [-0.2, -0.15) is 0 Å². The molecule has 0 saturated heterocycles. The van der Waals surface area contributed by atoms with Gasteiger partial charge in [-0.1, -0.05) is 48.5 Å². The predicted octanol–water partition coefficient (Wildman–Crippen LogP) is 2.32. The first-order valence-corrected chi connectivity index (χ1v) is 9.03. The van der Waals surface area contributed by atoms with Crippen molar-refractivity contribution >= 4 is 28.8 Å². The van der Waals surface area contributed by atoms with E-state index in [0.717, 1.165) is 22.0 Å². The van der Waals surface area contributed by atoms with E-state index in [0.29, 0.717) is 6.54 Å². The monoisotopic (exact) mass is 377 g/mol. The van der Waals surface area contributed by atoms with Crippen molar-refractivity contribution in [1.29, 1.82) is 0 Å². The van der Waals surface area contributed by atoms with E-state index in [9.17, 15) is 14.7 Å². The number of carbonyl (C=O) groups excluding carboxylic acids is 2. The summed E-state index contributed by atoms with van der Waals surface area (Å²) in [5.41, 5.74) is 2.83. The summed E-state index contributed by atoms with van der Waals surface area (Å²) in [7, 11) is 1.64. The van der Waals surface area contributed by atoms with Crippen LogP contribution < -0.4 is 5.32 Å². The van der Waals surface area contributed by atoms with Gasteiger partial charge in [-0.25, -0.2) is 0 Å². The molecule has 3 aromatic rings. The molecule has 0 saturated carbocycles. The van der Waals surface area contributed by atoms with Gasteiger partial charge >= 0.3 is 0 Å². The van der Waals surface area contributed by atoms with Gasteiger partial charge in [0.1, 0.15) is 6.04 Å². The summed E-state index contributed by atoms with van der Waals surface area (Å²) in [6.45, 7) is -0.0676. The third-order valence-electron chi connectivity index (χ3n) is 4.47. The number of nitrogens with one attached hydrogen (secondary N) is 2. The fraction of sp³-hybridized carbons (Fsp3) is 0.182. The maximum Gasteiger partial charge on any atom is 0.247 e. The molecule has 144 valence electrons. The molecule has 3 N–H and O–H groups in total. The fourth-order valence-electron chi connectivity index (χ4n) is 3.00. The third kappa shape index (κ3) is 4.66.